The van der Waals surface area contributed by atoms with Crippen molar-refractivity contribution in [3.63, 3.8) is 0 Å². The highest BCUT2D eigenvalue weighted by molar-refractivity contribution is 5.80. The van der Waals surface area contributed by atoms with Gasteiger partial charge in [0.05, 0.1) is 0 Å². The number of amides is 1. The normalized spacial score (nSPS) is 17.7. The zero-order valence-electron chi connectivity index (χ0n) is 11.9. The lowest BCUT2D eigenvalue weighted by Crippen LogP contribution is -2.40. The molecule has 2 rings (SSSR count). The molecule has 1 heterocycles. The third-order valence-electron chi connectivity index (χ3n) is 3.60. The minimum Gasteiger partial charge on any atom is -0.481 e. The molecule has 0 saturated carbocycles. The van der Waals surface area contributed by atoms with Gasteiger partial charge in [-0.25, -0.2) is 0 Å². The Labute approximate surface area is 115 Å². The minimum atomic E-state index is -0.402. The monoisotopic (exact) mass is 261 g/mol. The zero-order valence-corrected chi connectivity index (χ0v) is 11.9. The summed E-state index contributed by atoms with van der Waals surface area (Å²) in [5.74, 6) is 0.878. The van der Waals surface area contributed by atoms with Crippen LogP contribution in [0.2, 0.25) is 0 Å². The highest BCUT2D eigenvalue weighted by Gasteiger charge is 2.22. The first-order chi connectivity index (χ1) is 9.16. The van der Waals surface area contributed by atoms with Crippen molar-refractivity contribution in [2.24, 2.45) is 0 Å². The molecule has 104 valence electrons. The van der Waals surface area contributed by atoms with Crippen molar-refractivity contribution in [2.45, 2.75) is 45.6 Å². The van der Waals surface area contributed by atoms with Crippen LogP contribution in [0.4, 0.5) is 0 Å². The number of carbonyl (C=O) groups is 1. The molecular weight excluding hydrogens is 238 g/mol. The van der Waals surface area contributed by atoms with Crippen molar-refractivity contribution in [1.82, 2.24) is 4.90 Å². The molecule has 0 bridgehead atoms. The van der Waals surface area contributed by atoms with E-state index in [9.17, 15) is 4.79 Å². The second kappa shape index (κ2) is 6.60. The molecule has 1 aliphatic rings. The van der Waals surface area contributed by atoms with Crippen LogP contribution in [0.15, 0.2) is 24.3 Å². The molecule has 0 aliphatic carbocycles. The van der Waals surface area contributed by atoms with Crippen LogP contribution in [0.3, 0.4) is 0 Å². The second-order valence-electron chi connectivity index (χ2n) is 5.31. The quantitative estimate of drug-likeness (QED) is 0.836. The molecule has 3 nitrogen and oxygen atoms in total. The molecule has 0 N–H and O–H groups in total. The Morgan fingerprint density at radius 1 is 1.11 bits per heavy atom. The largest absolute Gasteiger partial charge is 0.481 e. The lowest BCUT2D eigenvalue weighted by Gasteiger charge is -2.24. The maximum atomic E-state index is 12.3. The van der Waals surface area contributed by atoms with Crippen LogP contribution in [0.25, 0.3) is 0 Å². The van der Waals surface area contributed by atoms with Crippen molar-refractivity contribution in [2.75, 3.05) is 13.1 Å². The Balaban J connectivity index is 1.92. The van der Waals surface area contributed by atoms with Gasteiger partial charge in [0.1, 0.15) is 5.75 Å². The van der Waals surface area contributed by atoms with E-state index in [-0.39, 0.29) is 5.91 Å². The van der Waals surface area contributed by atoms with E-state index in [4.69, 9.17) is 4.74 Å². The average Bonchev–Trinajstić information content (AvgIpc) is 2.69. The minimum absolute atomic E-state index is 0.113. The summed E-state index contributed by atoms with van der Waals surface area (Å²) in [6.07, 6.45) is 4.29. The molecule has 1 aromatic rings. The first-order valence-corrected chi connectivity index (χ1v) is 7.19. The van der Waals surface area contributed by atoms with Gasteiger partial charge in [-0.15, -0.1) is 0 Å². The van der Waals surface area contributed by atoms with Crippen LogP contribution < -0.4 is 4.74 Å². The fraction of sp³-hybridized carbons (Fsp3) is 0.562. The Morgan fingerprint density at radius 2 is 1.68 bits per heavy atom. The predicted octanol–water partition coefficient (Wildman–Crippen LogP) is 3.16. The maximum absolute atomic E-state index is 12.3. The molecular formula is C16H23NO2. The lowest BCUT2D eigenvalue weighted by molar-refractivity contribution is -0.137. The van der Waals surface area contributed by atoms with Crippen LogP contribution >= 0.6 is 0 Å². The van der Waals surface area contributed by atoms with Gasteiger partial charge < -0.3 is 9.64 Å². The fourth-order valence-electron chi connectivity index (χ4n) is 2.42. The Bertz CT molecular complexity index is 405. The number of hydrogen-bond donors (Lipinski definition) is 0. The van der Waals surface area contributed by atoms with E-state index in [2.05, 4.69) is 0 Å². The van der Waals surface area contributed by atoms with Gasteiger partial charge in [-0.2, -0.15) is 0 Å². The highest BCUT2D eigenvalue weighted by atomic mass is 16.5. The number of likely N-dealkylation sites (tertiary alicyclic amines) is 1. The van der Waals surface area contributed by atoms with Gasteiger partial charge in [-0.3, -0.25) is 4.79 Å². The van der Waals surface area contributed by atoms with E-state index in [1.54, 1.807) is 0 Å². The van der Waals surface area contributed by atoms with Gasteiger partial charge in [-0.1, -0.05) is 30.5 Å². The van der Waals surface area contributed by atoms with Crippen molar-refractivity contribution >= 4 is 5.91 Å². The predicted molar refractivity (Wildman–Crippen MR) is 76.3 cm³/mol. The van der Waals surface area contributed by atoms with E-state index in [1.165, 1.54) is 18.4 Å². The summed E-state index contributed by atoms with van der Waals surface area (Å²) in [4.78, 5) is 14.3. The third kappa shape index (κ3) is 3.98. The SMILES string of the molecule is Cc1ccc(O[C@H](C)C(=O)N2CCCCCC2)cc1. The Kier molecular flexibility index (Phi) is 4.83. The van der Waals surface area contributed by atoms with Crippen molar-refractivity contribution < 1.29 is 9.53 Å². The molecule has 19 heavy (non-hydrogen) atoms. The molecule has 3 heteroatoms. The van der Waals surface area contributed by atoms with E-state index in [1.807, 2.05) is 43.0 Å². The molecule has 0 unspecified atom stereocenters. The van der Waals surface area contributed by atoms with E-state index in [0.29, 0.717) is 0 Å². The summed E-state index contributed by atoms with van der Waals surface area (Å²) in [6.45, 7) is 5.63. The van der Waals surface area contributed by atoms with Crippen molar-refractivity contribution in [3.8, 4) is 5.75 Å². The van der Waals surface area contributed by atoms with Crippen molar-refractivity contribution in [3.05, 3.63) is 29.8 Å². The standard InChI is InChI=1S/C16H23NO2/c1-13-7-9-15(10-8-13)19-14(2)16(18)17-11-5-3-4-6-12-17/h7-10,14H,3-6,11-12H2,1-2H3/t14-/m1/s1. The first-order valence-electron chi connectivity index (χ1n) is 7.19. The van der Waals surface area contributed by atoms with Gasteiger partial charge >= 0.3 is 0 Å². The number of hydrogen-bond acceptors (Lipinski definition) is 2. The van der Waals surface area contributed by atoms with Gasteiger partial charge in [0.2, 0.25) is 0 Å². The summed E-state index contributed by atoms with van der Waals surface area (Å²) in [6, 6.07) is 7.83. The number of rotatable bonds is 3. The Morgan fingerprint density at radius 3 is 2.26 bits per heavy atom. The van der Waals surface area contributed by atoms with Crippen LogP contribution in [-0.2, 0) is 4.79 Å². The molecule has 0 aromatic heterocycles. The summed E-state index contributed by atoms with van der Waals surface area (Å²) in [7, 11) is 0. The number of carbonyl (C=O) groups excluding carboxylic acids is 1. The number of benzene rings is 1. The summed E-state index contributed by atoms with van der Waals surface area (Å²) in [5.41, 5.74) is 1.19. The summed E-state index contributed by atoms with van der Waals surface area (Å²) >= 11 is 0. The molecule has 1 aromatic carbocycles. The molecule has 1 aliphatic heterocycles. The first kappa shape index (κ1) is 13.9. The van der Waals surface area contributed by atoms with Crippen LogP contribution in [0.5, 0.6) is 5.75 Å². The molecule has 1 amide bonds. The van der Waals surface area contributed by atoms with Crippen LogP contribution in [0, 0.1) is 6.92 Å². The zero-order chi connectivity index (χ0) is 13.7. The molecule has 0 radical (unpaired) electrons. The van der Waals surface area contributed by atoms with Gasteiger partial charge in [-0.05, 0) is 38.8 Å². The fourth-order valence-corrected chi connectivity index (χ4v) is 2.42. The average molecular weight is 261 g/mol. The van der Waals surface area contributed by atoms with Crippen LogP contribution in [-0.4, -0.2) is 30.0 Å². The number of nitrogens with zero attached hydrogens (tertiary/aromatic N) is 1. The van der Waals surface area contributed by atoms with Crippen LogP contribution in [0.1, 0.15) is 38.2 Å². The Hall–Kier alpha value is -1.51. The van der Waals surface area contributed by atoms with E-state index in [0.717, 1.165) is 31.7 Å². The lowest BCUT2D eigenvalue weighted by atomic mass is 10.2. The molecule has 1 atom stereocenters. The second-order valence-corrected chi connectivity index (χ2v) is 5.31. The van der Waals surface area contributed by atoms with Crippen molar-refractivity contribution in [1.29, 1.82) is 0 Å². The third-order valence-corrected chi connectivity index (χ3v) is 3.60. The summed E-state index contributed by atoms with van der Waals surface area (Å²) in [5, 5.41) is 0. The number of aryl methyl sites for hydroxylation is 1. The van der Waals surface area contributed by atoms with E-state index >= 15 is 0 Å². The maximum Gasteiger partial charge on any atom is 0.263 e. The smallest absolute Gasteiger partial charge is 0.263 e. The summed E-state index contributed by atoms with van der Waals surface area (Å²) < 4.78 is 5.73. The topological polar surface area (TPSA) is 29.5 Å². The molecule has 1 fully saturated rings. The van der Waals surface area contributed by atoms with E-state index < -0.39 is 6.10 Å². The molecule has 0 spiro atoms. The van der Waals surface area contributed by atoms with Gasteiger partial charge in [0.15, 0.2) is 6.10 Å². The number of ether oxygens (including phenoxy) is 1. The van der Waals surface area contributed by atoms with Gasteiger partial charge in [0.25, 0.3) is 5.91 Å². The highest BCUT2D eigenvalue weighted by Crippen LogP contribution is 2.16. The van der Waals surface area contributed by atoms with Gasteiger partial charge in [0, 0.05) is 13.1 Å². The molecule has 1 saturated heterocycles.